The van der Waals surface area contributed by atoms with Gasteiger partial charge in [0, 0.05) is 13.1 Å². The zero-order valence-corrected chi connectivity index (χ0v) is 36.5. The highest BCUT2D eigenvalue weighted by Crippen LogP contribution is 2.34. The second kappa shape index (κ2) is 17.7. The smallest absolute Gasteiger partial charge is 0.408 e. The Hall–Kier alpha value is -5.92. The van der Waals surface area contributed by atoms with E-state index in [1.165, 1.54) is 0 Å². The number of aromatic amines is 2. The Balaban J connectivity index is 1.09. The molecule has 2 unspecified atom stereocenters. The van der Waals surface area contributed by atoms with Gasteiger partial charge in [0.1, 0.15) is 41.0 Å². The third kappa shape index (κ3) is 10.4. The van der Waals surface area contributed by atoms with Crippen molar-refractivity contribution in [1.29, 1.82) is 0 Å². The number of likely N-dealkylation sites (tertiary alicyclic amines) is 1. The molecule has 2 aromatic heterocycles. The summed E-state index contributed by atoms with van der Waals surface area (Å²) >= 11 is 0. The lowest BCUT2D eigenvalue weighted by Gasteiger charge is -2.31. The molecule has 6 rings (SSSR count). The van der Waals surface area contributed by atoms with Crippen molar-refractivity contribution in [2.24, 2.45) is 11.8 Å². The van der Waals surface area contributed by atoms with Gasteiger partial charge in [-0.3, -0.25) is 9.59 Å². The number of alkyl carbamates (subject to hydrolysis) is 2. The van der Waals surface area contributed by atoms with Gasteiger partial charge in [-0.1, -0.05) is 88.4 Å². The maximum absolute atomic E-state index is 13.8. The third-order valence-corrected chi connectivity index (χ3v) is 10.5. The van der Waals surface area contributed by atoms with E-state index in [2.05, 4.69) is 49.9 Å². The predicted molar refractivity (Wildman–Crippen MR) is 230 cm³/mol. The zero-order chi connectivity index (χ0) is 43.5. The Morgan fingerprint density at radius 2 is 1.10 bits per heavy atom. The van der Waals surface area contributed by atoms with Crippen LogP contribution in [0.4, 0.5) is 9.59 Å². The lowest BCUT2D eigenvalue weighted by molar-refractivity contribution is -0.136. The minimum Gasteiger partial charge on any atom is -0.444 e. The van der Waals surface area contributed by atoms with E-state index in [9.17, 15) is 19.2 Å². The summed E-state index contributed by atoms with van der Waals surface area (Å²) in [5, 5.41) is 5.57. The van der Waals surface area contributed by atoms with Crippen LogP contribution in [-0.4, -0.2) is 90.1 Å². The van der Waals surface area contributed by atoms with Crippen LogP contribution >= 0.6 is 0 Å². The Kier molecular flexibility index (Phi) is 12.9. The molecule has 1 fully saturated rings. The van der Waals surface area contributed by atoms with E-state index >= 15 is 0 Å². The number of amides is 4. The monoisotopic (exact) mass is 820 g/mol. The number of nitrogens with one attached hydrogen (secondary N) is 4. The van der Waals surface area contributed by atoms with Crippen molar-refractivity contribution < 1.29 is 28.7 Å². The van der Waals surface area contributed by atoms with Crippen LogP contribution in [0.15, 0.2) is 73.1 Å². The van der Waals surface area contributed by atoms with Crippen molar-refractivity contribution in [2.45, 2.75) is 117 Å². The molecular formula is C46H60N8O6. The molecule has 1 saturated heterocycles. The number of carbonyl (C=O) groups is 4. The first kappa shape index (κ1) is 43.7. The second-order valence-corrected chi connectivity index (χ2v) is 18.3. The van der Waals surface area contributed by atoms with Crippen molar-refractivity contribution in [2.75, 3.05) is 13.1 Å². The molecule has 4 aromatic rings. The first-order chi connectivity index (χ1) is 28.3. The molecular weight excluding hydrogens is 761 g/mol. The Bertz CT molecular complexity index is 2170. The number of ether oxygens (including phenoxy) is 2. The standard InChI is InChI=1S/C46H60N8O6/c1-27(2)37(51-43(57)59-45(5,6)7)41(55)53-23-11-13-35(53)39-47-25-33(49-39)31-19-15-29(16-20-31)30-17-21-32(22-18-30)34-26-48-40(50-34)36-14-12-24-54(36)42(56)38(28(3)4)52-44(58)60-46(8,9)10/h11,13,15-22,25-28,35-38H,12,14,23-24H2,1-10H3,(H,47,49)(H,48,50)(H,51,57)(H,52,58)/t35?,36?,37-,38-/m0/s1. The summed E-state index contributed by atoms with van der Waals surface area (Å²) in [6.45, 7) is 19.3. The van der Waals surface area contributed by atoms with Gasteiger partial charge in [0.05, 0.1) is 29.8 Å². The number of aromatic nitrogens is 4. The molecule has 0 radical (unpaired) electrons. The molecule has 4 heterocycles. The van der Waals surface area contributed by atoms with Gasteiger partial charge in [0.25, 0.3) is 0 Å². The van der Waals surface area contributed by atoms with Gasteiger partial charge in [-0.2, -0.15) is 0 Å². The summed E-state index contributed by atoms with van der Waals surface area (Å²) in [6.07, 6.45) is 7.84. The van der Waals surface area contributed by atoms with Crippen molar-refractivity contribution in [3.8, 4) is 33.6 Å². The molecule has 2 aliphatic rings. The van der Waals surface area contributed by atoms with E-state index in [4.69, 9.17) is 14.5 Å². The number of H-pyrrole nitrogens is 2. The summed E-state index contributed by atoms with van der Waals surface area (Å²) in [5.74, 6) is 0.725. The molecule has 0 saturated carbocycles. The third-order valence-electron chi connectivity index (χ3n) is 10.5. The van der Waals surface area contributed by atoms with Gasteiger partial charge in [-0.05, 0) is 88.5 Å². The van der Waals surface area contributed by atoms with Crippen LogP contribution in [0.5, 0.6) is 0 Å². The van der Waals surface area contributed by atoms with E-state index in [0.29, 0.717) is 18.9 Å². The van der Waals surface area contributed by atoms with E-state index in [0.717, 1.165) is 52.3 Å². The van der Waals surface area contributed by atoms with Crippen LogP contribution in [0.25, 0.3) is 33.6 Å². The highest BCUT2D eigenvalue weighted by molar-refractivity contribution is 5.87. The summed E-state index contributed by atoms with van der Waals surface area (Å²) in [6, 6.07) is 14.3. The predicted octanol–water partition coefficient (Wildman–Crippen LogP) is 8.34. The van der Waals surface area contributed by atoms with Crippen molar-refractivity contribution >= 4 is 24.0 Å². The SMILES string of the molecule is CC(C)[C@H](NC(=O)OC(C)(C)C)C(=O)N1CC=CC1c1ncc(-c2ccc(-c3ccc(-c4cnc(C5CCCN5C(=O)[C@@H](NC(=O)OC(C)(C)C)C(C)C)[nH]4)cc3)cc2)[nH]1. The fraction of sp³-hybridized carbons (Fsp3) is 0.478. The van der Waals surface area contributed by atoms with Gasteiger partial charge in [-0.25, -0.2) is 19.6 Å². The van der Waals surface area contributed by atoms with Crippen LogP contribution in [0, 0.1) is 11.8 Å². The largest absolute Gasteiger partial charge is 0.444 e. The normalized spacial score (nSPS) is 17.9. The molecule has 4 amide bonds. The first-order valence-electron chi connectivity index (χ1n) is 20.9. The van der Waals surface area contributed by atoms with Crippen LogP contribution in [0.3, 0.4) is 0 Å². The minimum atomic E-state index is -0.754. The molecule has 2 aliphatic heterocycles. The quantitative estimate of drug-likeness (QED) is 0.109. The number of hydrogen-bond donors (Lipinski definition) is 4. The molecule has 0 aliphatic carbocycles. The summed E-state index contributed by atoms with van der Waals surface area (Å²) in [5.41, 5.74) is 4.33. The highest BCUT2D eigenvalue weighted by atomic mass is 16.6. The maximum Gasteiger partial charge on any atom is 0.408 e. The molecule has 0 spiro atoms. The molecule has 4 atom stereocenters. The molecule has 2 aromatic carbocycles. The zero-order valence-electron chi connectivity index (χ0n) is 36.5. The first-order valence-corrected chi connectivity index (χ1v) is 20.9. The minimum absolute atomic E-state index is 0.128. The van der Waals surface area contributed by atoms with Crippen LogP contribution < -0.4 is 10.6 Å². The molecule has 14 nitrogen and oxygen atoms in total. The average Bonchev–Trinajstić information content (AvgIpc) is 4.01. The van der Waals surface area contributed by atoms with Crippen LogP contribution in [-0.2, 0) is 19.1 Å². The number of hydrogen-bond acceptors (Lipinski definition) is 8. The number of imidazole rings is 2. The molecule has 0 bridgehead atoms. The Morgan fingerprint density at radius 3 is 1.57 bits per heavy atom. The fourth-order valence-corrected chi connectivity index (χ4v) is 7.53. The van der Waals surface area contributed by atoms with Gasteiger partial charge in [0.2, 0.25) is 11.8 Å². The molecule has 60 heavy (non-hydrogen) atoms. The highest BCUT2D eigenvalue weighted by Gasteiger charge is 2.39. The van der Waals surface area contributed by atoms with E-state index in [1.54, 1.807) is 58.8 Å². The van der Waals surface area contributed by atoms with Crippen LogP contribution in [0.1, 0.15) is 106 Å². The average molecular weight is 821 g/mol. The van der Waals surface area contributed by atoms with E-state index in [1.807, 2.05) is 69.0 Å². The molecule has 320 valence electrons. The lowest BCUT2D eigenvalue weighted by Crippen LogP contribution is -2.52. The van der Waals surface area contributed by atoms with E-state index < -0.39 is 41.5 Å². The topological polar surface area (TPSA) is 175 Å². The number of nitrogens with zero attached hydrogens (tertiary/aromatic N) is 4. The maximum atomic E-state index is 13.8. The van der Waals surface area contributed by atoms with Gasteiger partial charge < -0.3 is 39.9 Å². The summed E-state index contributed by atoms with van der Waals surface area (Å²) < 4.78 is 10.9. The Labute approximate surface area is 352 Å². The molecule has 4 N–H and O–H groups in total. The lowest BCUT2D eigenvalue weighted by atomic mass is 10.0. The number of carbonyl (C=O) groups excluding carboxylic acids is 4. The van der Waals surface area contributed by atoms with Crippen molar-refractivity contribution in [3.63, 3.8) is 0 Å². The number of benzene rings is 2. The number of rotatable bonds is 11. The summed E-state index contributed by atoms with van der Waals surface area (Å²) in [7, 11) is 0. The molecule has 14 heteroatoms. The van der Waals surface area contributed by atoms with E-state index in [-0.39, 0.29) is 29.7 Å². The van der Waals surface area contributed by atoms with Gasteiger partial charge in [-0.15, -0.1) is 0 Å². The van der Waals surface area contributed by atoms with Gasteiger partial charge in [0.15, 0.2) is 0 Å². The summed E-state index contributed by atoms with van der Waals surface area (Å²) in [4.78, 5) is 72.5. The van der Waals surface area contributed by atoms with Crippen molar-refractivity contribution in [3.05, 3.63) is 84.7 Å². The Morgan fingerprint density at radius 1 is 0.667 bits per heavy atom. The fourth-order valence-electron chi connectivity index (χ4n) is 7.53. The van der Waals surface area contributed by atoms with Crippen molar-refractivity contribution in [1.82, 2.24) is 40.4 Å². The second-order valence-electron chi connectivity index (χ2n) is 18.3. The van der Waals surface area contributed by atoms with Gasteiger partial charge >= 0.3 is 12.2 Å². The van der Waals surface area contributed by atoms with Crippen LogP contribution in [0.2, 0.25) is 0 Å².